The number of hydrogen-bond donors (Lipinski definition) is 0. The van der Waals surface area contributed by atoms with Gasteiger partial charge < -0.3 is 28.4 Å². The molecule has 56 heavy (non-hydrogen) atoms. The average molecular weight is 757 g/mol. The maximum atomic E-state index is 6.77. The van der Waals surface area contributed by atoms with Gasteiger partial charge in [-0.1, -0.05) is 92.7 Å². The van der Waals surface area contributed by atoms with Crippen LogP contribution in [0, 0.1) is 0 Å². The first-order valence-electron chi connectivity index (χ1n) is 20.4. The van der Waals surface area contributed by atoms with Crippen molar-refractivity contribution in [3.8, 4) is 23.0 Å². The fourth-order valence-electron chi connectivity index (χ4n) is 7.65. The molecule has 0 atom stereocenters. The lowest BCUT2D eigenvalue weighted by atomic mass is 9.91. The quantitative estimate of drug-likeness (QED) is 0.143. The molecule has 8 heteroatoms. The monoisotopic (exact) mass is 756 g/mol. The molecule has 0 unspecified atom stereocenters. The van der Waals surface area contributed by atoms with E-state index in [-0.39, 0.29) is 0 Å². The first-order valence-corrected chi connectivity index (χ1v) is 20.4. The van der Waals surface area contributed by atoms with E-state index in [1.165, 1.54) is 0 Å². The van der Waals surface area contributed by atoms with Crippen LogP contribution in [0.3, 0.4) is 0 Å². The number of pyridine rings is 1. The maximum Gasteiger partial charge on any atom is 0.126 e. The highest BCUT2D eigenvalue weighted by Gasteiger charge is 2.22. The number of para-hydroxylation sites is 4. The highest BCUT2D eigenvalue weighted by atomic mass is 16.5. The highest BCUT2D eigenvalue weighted by molar-refractivity contribution is 5.56. The Labute approximate surface area is 332 Å². The van der Waals surface area contributed by atoms with Crippen LogP contribution in [-0.4, -0.2) is 75.8 Å². The molecule has 0 saturated carbocycles. The van der Waals surface area contributed by atoms with E-state index in [1.807, 2.05) is 18.5 Å². The van der Waals surface area contributed by atoms with Crippen LogP contribution in [-0.2, 0) is 41.7 Å². The molecule has 0 radical (unpaired) electrons. The van der Waals surface area contributed by atoms with Crippen LogP contribution in [0.25, 0.3) is 0 Å². The zero-order valence-electron chi connectivity index (χ0n) is 33.1. The van der Waals surface area contributed by atoms with Crippen molar-refractivity contribution in [3.63, 3.8) is 0 Å². The fourth-order valence-corrected chi connectivity index (χ4v) is 7.65. The second-order valence-electron chi connectivity index (χ2n) is 14.6. The molecule has 294 valence electrons. The molecule has 0 N–H and O–H groups in total. The predicted molar refractivity (Wildman–Crippen MR) is 221 cm³/mol. The van der Waals surface area contributed by atoms with Gasteiger partial charge in [-0.25, -0.2) is 0 Å². The van der Waals surface area contributed by atoms with Crippen molar-refractivity contribution in [1.29, 1.82) is 0 Å². The van der Waals surface area contributed by atoms with Gasteiger partial charge in [0.1, 0.15) is 36.2 Å². The second-order valence-corrected chi connectivity index (χ2v) is 14.6. The van der Waals surface area contributed by atoms with Gasteiger partial charge in [0.15, 0.2) is 0 Å². The van der Waals surface area contributed by atoms with E-state index in [0.717, 1.165) is 106 Å². The summed E-state index contributed by atoms with van der Waals surface area (Å²) in [6, 6.07) is 30.2. The fraction of sp³-hybridized carbons (Fsp3) is 0.396. The SMILES string of the molecule is CCCOc1c2cccc1Cc1cccc3c1OCCOCCN(Cc1cccnc1)CCOCCOc1c(cccc1Cc1cccc(c1OCCC)C3)C2. The van der Waals surface area contributed by atoms with Crippen LogP contribution in [0.5, 0.6) is 23.0 Å². The van der Waals surface area contributed by atoms with E-state index in [1.54, 1.807) is 0 Å². The van der Waals surface area contributed by atoms with Gasteiger partial charge in [-0.3, -0.25) is 9.88 Å². The molecule has 0 saturated heterocycles. The summed E-state index contributed by atoms with van der Waals surface area (Å²) in [4.78, 5) is 6.69. The minimum absolute atomic E-state index is 0.436. The first kappa shape index (κ1) is 39.3. The zero-order valence-corrected chi connectivity index (χ0v) is 33.1. The molecule has 0 fully saturated rings. The number of hydrogen-bond acceptors (Lipinski definition) is 8. The zero-order chi connectivity index (χ0) is 38.4. The van der Waals surface area contributed by atoms with Crippen molar-refractivity contribution in [2.45, 2.75) is 58.9 Å². The molecule has 2 aliphatic heterocycles. The number of aromatic nitrogens is 1. The predicted octanol–water partition coefficient (Wildman–Crippen LogP) is 8.64. The van der Waals surface area contributed by atoms with Crippen LogP contribution < -0.4 is 18.9 Å². The second kappa shape index (κ2) is 20.3. The first-order chi connectivity index (χ1) is 27.7. The topological polar surface area (TPSA) is 71.5 Å². The molecule has 4 aromatic carbocycles. The molecular formula is C48H56N2O6. The number of fused-ring (bicyclic) bond motifs is 12. The molecule has 3 heterocycles. The summed E-state index contributed by atoms with van der Waals surface area (Å²) in [5, 5.41) is 0. The smallest absolute Gasteiger partial charge is 0.126 e. The maximum absolute atomic E-state index is 6.77. The van der Waals surface area contributed by atoms with Crippen LogP contribution in [0.1, 0.15) is 76.8 Å². The van der Waals surface area contributed by atoms with Gasteiger partial charge >= 0.3 is 0 Å². The Morgan fingerprint density at radius 2 is 0.946 bits per heavy atom. The van der Waals surface area contributed by atoms with E-state index < -0.39 is 0 Å². The molecule has 1 aliphatic carbocycles. The number of benzene rings is 4. The normalized spacial score (nSPS) is 15.6. The van der Waals surface area contributed by atoms with E-state index in [9.17, 15) is 0 Å². The lowest BCUT2D eigenvalue weighted by molar-refractivity contribution is 0.0530. The number of rotatable bonds is 8. The average Bonchev–Trinajstić information content (AvgIpc) is 3.21. The van der Waals surface area contributed by atoms with Gasteiger partial charge in [0.25, 0.3) is 0 Å². The van der Waals surface area contributed by atoms with Gasteiger partial charge in [0, 0.05) is 57.7 Å². The summed E-state index contributed by atoms with van der Waals surface area (Å²) in [5.41, 5.74) is 10.2. The summed E-state index contributed by atoms with van der Waals surface area (Å²) < 4.78 is 39.2. The molecule has 8 rings (SSSR count). The third-order valence-electron chi connectivity index (χ3n) is 10.3. The van der Waals surface area contributed by atoms with Gasteiger partial charge in [-0.15, -0.1) is 0 Å². The number of nitrogens with zero attached hydrogens (tertiary/aromatic N) is 2. The van der Waals surface area contributed by atoms with Crippen LogP contribution >= 0.6 is 0 Å². The van der Waals surface area contributed by atoms with Gasteiger partial charge in [0.05, 0.1) is 39.6 Å². The summed E-state index contributed by atoms with van der Waals surface area (Å²) in [6.07, 6.45) is 8.24. The van der Waals surface area contributed by atoms with E-state index in [4.69, 9.17) is 28.4 Å². The molecule has 1 aromatic heterocycles. The van der Waals surface area contributed by atoms with Crippen molar-refractivity contribution in [2.75, 3.05) is 65.9 Å². The van der Waals surface area contributed by atoms with Crippen LogP contribution in [0.15, 0.2) is 97.3 Å². The Hall–Kier alpha value is -4.89. The summed E-state index contributed by atoms with van der Waals surface area (Å²) in [7, 11) is 0. The standard InChI is InChI=1S/C48H56N2O6/c1-3-22-53-45-37-11-5-12-38(45)31-42-16-8-18-44-33-40-14-6-13-39(46(40)54-23-4-2)32-43-17-7-15-41(30-37)47(43)55-28-26-51-24-20-50(35-36-10-9-19-49-34-36)21-25-52-27-29-56-48(42)44/h5-19,34H,3-4,20-33,35H2,1-2H3. The third-order valence-corrected chi connectivity index (χ3v) is 10.3. The van der Waals surface area contributed by atoms with Crippen molar-refractivity contribution >= 4 is 0 Å². The molecular weight excluding hydrogens is 701 g/mol. The van der Waals surface area contributed by atoms with Gasteiger partial charge in [0.2, 0.25) is 0 Å². The molecule has 0 amide bonds. The molecule has 5 aromatic rings. The van der Waals surface area contributed by atoms with Gasteiger partial charge in [-0.2, -0.15) is 0 Å². The van der Waals surface area contributed by atoms with E-state index in [2.05, 4.69) is 103 Å². The Balaban J connectivity index is 1.32. The van der Waals surface area contributed by atoms with E-state index in [0.29, 0.717) is 78.5 Å². The largest absolute Gasteiger partial charge is 0.493 e. The minimum atomic E-state index is 0.436. The van der Waals surface area contributed by atoms with Crippen molar-refractivity contribution in [3.05, 3.63) is 147 Å². The molecule has 3 aliphatic rings. The summed E-state index contributed by atoms with van der Waals surface area (Å²) in [6.45, 7) is 10.9. The van der Waals surface area contributed by atoms with Crippen molar-refractivity contribution < 1.29 is 28.4 Å². The Morgan fingerprint density at radius 1 is 0.518 bits per heavy atom. The van der Waals surface area contributed by atoms with Gasteiger partial charge in [-0.05, 0) is 69.0 Å². The Morgan fingerprint density at radius 3 is 1.34 bits per heavy atom. The molecule has 8 nitrogen and oxygen atoms in total. The highest BCUT2D eigenvalue weighted by Crippen LogP contribution is 2.39. The Kier molecular flexibility index (Phi) is 14.3. The summed E-state index contributed by atoms with van der Waals surface area (Å²) >= 11 is 0. The van der Waals surface area contributed by atoms with E-state index >= 15 is 0 Å². The molecule has 10 bridgehead atoms. The summed E-state index contributed by atoms with van der Waals surface area (Å²) in [5.74, 6) is 3.69. The lowest BCUT2D eigenvalue weighted by Gasteiger charge is -2.24. The van der Waals surface area contributed by atoms with Crippen LogP contribution in [0.4, 0.5) is 0 Å². The molecule has 0 spiro atoms. The number of ether oxygens (including phenoxy) is 6. The van der Waals surface area contributed by atoms with Crippen molar-refractivity contribution in [2.24, 2.45) is 0 Å². The third kappa shape index (κ3) is 10.3. The Bertz CT molecular complexity index is 1790. The minimum Gasteiger partial charge on any atom is -0.493 e. The lowest BCUT2D eigenvalue weighted by Crippen LogP contribution is -2.31. The van der Waals surface area contributed by atoms with Crippen molar-refractivity contribution in [1.82, 2.24) is 9.88 Å². The van der Waals surface area contributed by atoms with Crippen LogP contribution in [0.2, 0.25) is 0 Å².